The number of nitrogens with one attached hydrogen (secondary N) is 1. The van der Waals surface area contributed by atoms with E-state index < -0.39 is 11.9 Å². The van der Waals surface area contributed by atoms with Crippen LogP contribution in [0, 0.1) is 0 Å². The van der Waals surface area contributed by atoms with Crippen molar-refractivity contribution in [1.82, 2.24) is 5.32 Å². The number of amides is 1. The standard InChI is InChI=1S/C16H13Cl2NO2/c1-10(15(20)11-6-3-2-4-7-11)19-16(21)14-12(17)8-5-9-13(14)18/h2-10H,1H3,(H,19,21). The molecule has 1 amide bonds. The van der Waals surface area contributed by atoms with Gasteiger partial charge in [0.05, 0.1) is 21.7 Å². The van der Waals surface area contributed by atoms with Crippen LogP contribution < -0.4 is 5.32 Å². The molecule has 0 aliphatic heterocycles. The predicted octanol–water partition coefficient (Wildman–Crippen LogP) is 3.99. The average Bonchev–Trinajstić information content (AvgIpc) is 2.47. The lowest BCUT2D eigenvalue weighted by atomic mass is 10.1. The maximum Gasteiger partial charge on any atom is 0.254 e. The fourth-order valence-electron chi connectivity index (χ4n) is 1.90. The summed E-state index contributed by atoms with van der Waals surface area (Å²) >= 11 is 11.9. The molecule has 1 unspecified atom stereocenters. The van der Waals surface area contributed by atoms with E-state index in [0.717, 1.165) is 0 Å². The van der Waals surface area contributed by atoms with Crippen LogP contribution in [0.3, 0.4) is 0 Å². The molecule has 2 rings (SSSR count). The van der Waals surface area contributed by atoms with Crippen molar-refractivity contribution in [3.05, 3.63) is 69.7 Å². The first kappa shape index (κ1) is 15.5. The van der Waals surface area contributed by atoms with Gasteiger partial charge in [-0.3, -0.25) is 9.59 Å². The van der Waals surface area contributed by atoms with Gasteiger partial charge in [0.1, 0.15) is 0 Å². The molecule has 0 aromatic heterocycles. The smallest absolute Gasteiger partial charge is 0.254 e. The molecule has 5 heteroatoms. The Balaban J connectivity index is 2.15. The molecule has 3 nitrogen and oxygen atoms in total. The third-order valence-corrected chi connectivity index (χ3v) is 3.62. The third kappa shape index (κ3) is 3.63. The number of carbonyl (C=O) groups excluding carboxylic acids is 2. The zero-order chi connectivity index (χ0) is 15.4. The molecule has 2 aromatic rings. The summed E-state index contributed by atoms with van der Waals surface area (Å²) in [7, 11) is 0. The van der Waals surface area contributed by atoms with Crippen LogP contribution in [0.4, 0.5) is 0 Å². The topological polar surface area (TPSA) is 46.2 Å². The normalized spacial score (nSPS) is 11.8. The van der Waals surface area contributed by atoms with Gasteiger partial charge < -0.3 is 5.32 Å². The third-order valence-electron chi connectivity index (χ3n) is 2.99. The van der Waals surface area contributed by atoms with Crippen LogP contribution in [-0.4, -0.2) is 17.7 Å². The van der Waals surface area contributed by atoms with Gasteiger partial charge in [0.15, 0.2) is 5.78 Å². The van der Waals surface area contributed by atoms with Crippen molar-refractivity contribution in [2.75, 3.05) is 0 Å². The van der Waals surface area contributed by atoms with Gasteiger partial charge in [-0.1, -0.05) is 59.6 Å². The second-order valence-electron chi connectivity index (χ2n) is 4.52. The van der Waals surface area contributed by atoms with Crippen molar-refractivity contribution in [1.29, 1.82) is 0 Å². The molecule has 1 atom stereocenters. The molecule has 0 radical (unpaired) electrons. The lowest BCUT2D eigenvalue weighted by Crippen LogP contribution is -2.38. The van der Waals surface area contributed by atoms with E-state index in [4.69, 9.17) is 23.2 Å². The Hall–Kier alpha value is -1.84. The number of hydrogen-bond donors (Lipinski definition) is 1. The molecule has 0 aliphatic carbocycles. The van der Waals surface area contributed by atoms with E-state index in [9.17, 15) is 9.59 Å². The number of hydrogen-bond acceptors (Lipinski definition) is 2. The number of ketones is 1. The molecule has 21 heavy (non-hydrogen) atoms. The molecule has 0 bridgehead atoms. The van der Waals surface area contributed by atoms with E-state index >= 15 is 0 Å². The van der Waals surface area contributed by atoms with Gasteiger partial charge in [-0.2, -0.15) is 0 Å². The van der Waals surface area contributed by atoms with Gasteiger partial charge in [0.25, 0.3) is 5.91 Å². The monoisotopic (exact) mass is 321 g/mol. The zero-order valence-corrected chi connectivity index (χ0v) is 12.8. The Kier molecular flexibility index (Phi) is 4.99. The molecule has 108 valence electrons. The van der Waals surface area contributed by atoms with Gasteiger partial charge >= 0.3 is 0 Å². The number of benzene rings is 2. The Labute approximate surface area is 132 Å². The van der Waals surface area contributed by atoms with Crippen LogP contribution in [0.25, 0.3) is 0 Å². The van der Waals surface area contributed by atoms with Crippen molar-refractivity contribution in [2.24, 2.45) is 0 Å². The van der Waals surface area contributed by atoms with Crippen LogP contribution in [0.15, 0.2) is 48.5 Å². The molecule has 0 saturated carbocycles. The van der Waals surface area contributed by atoms with Crippen LogP contribution in [0.1, 0.15) is 27.6 Å². The predicted molar refractivity (Wildman–Crippen MR) is 84.2 cm³/mol. The summed E-state index contributed by atoms with van der Waals surface area (Å²) in [6.45, 7) is 1.62. The van der Waals surface area contributed by atoms with E-state index in [-0.39, 0.29) is 21.4 Å². The van der Waals surface area contributed by atoms with E-state index in [1.807, 2.05) is 6.07 Å². The highest BCUT2D eigenvalue weighted by Gasteiger charge is 2.21. The second kappa shape index (κ2) is 6.74. The lowest BCUT2D eigenvalue weighted by molar-refractivity contribution is 0.0866. The number of halogens is 2. The molecule has 1 N–H and O–H groups in total. The summed E-state index contributed by atoms with van der Waals surface area (Å²) in [6, 6.07) is 12.9. The van der Waals surface area contributed by atoms with Gasteiger partial charge in [0, 0.05) is 5.56 Å². The second-order valence-corrected chi connectivity index (χ2v) is 5.34. The SMILES string of the molecule is CC(NC(=O)c1c(Cl)cccc1Cl)C(=O)c1ccccc1. The van der Waals surface area contributed by atoms with Crippen LogP contribution in [0.5, 0.6) is 0 Å². The minimum absolute atomic E-state index is 0.174. The van der Waals surface area contributed by atoms with Crippen molar-refractivity contribution in [3.8, 4) is 0 Å². The van der Waals surface area contributed by atoms with Crippen molar-refractivity contribution >= 4 is 34.9 Å². The Morgan fingerprint density at radius 2 is 1.52 bits per heavy atom. The fourth-order valence-corrected chi connectivity index (χ4v) is 2.47. The molecule has 0 heterocycles. The molecule has 2 aromatic carbocycles. The maximum absolute atomic E-state index is 12.2. The largest absolute Gasteiger partial charge is 0.342 e. The van der Waals surface area contributed by atoms with Crippen LogP contribution in [-0.2, 0) is 0 Å². The number of rotatable bonds is 4. The Morgan fingerprint density at radius 1 is 0.952 bits per heavy atom. The highest BCUT2D eigenvalue weighted by atomic mass is 35.5. The summed E-state index contributed by atoms with van der Waals surface area (Å²) in [5, 5.41) is 3.12. The Morgan fingerprint density at radius 3 is 2.10 bits per heavy atom. The highest BCUT2D eigenvalue weighted by Crippen LogP contribution is 2.24. The Bertz CT molecular complexity index is 651. The molecule has 0 aliphatic rings. The first-order chi connectivity index (χ1) is 10.0. The summed E-state index contributed by atoms with van der Waals surface area (Å²) < 4.78 is 0. The van der Waals surface area contributed by atoms with Crippen molar-refractivity contribution < 1.29 is 9.59 Å². The molecule has 0 saturated heterocycles. The molecule has 0 spiro atoms. The van der Waals surface area contributed by atoms with E-state index in [1.54, 1.807) is 49.4 Å². The van der Waals surface area contributed by atoms with Crippen molar-refractivity contribution in [2.45, 2.75) is 13.0 Å². The van der Waals surface area contributed by atoms with Gasteiger partial charge in [-0.25, -0.2) is 0 Å². The maximum atomic E-state index is 12.2. The molecular formula is C16H13Cl2NO2. The first-order valence-electron chi connectivity index (χ1n) is 6.35. The number of carbonyl (C=O) groups is 2. The fraction of sp³-hybridized carbons (Fsp3) is 0.125. The molecule has 0 fully saturated rings. The van der Waals surface area contributed by atoms with Crippen LogP contribution in [0.2, 0.25) is 10.0 Å². The minimum Gasteiger partial charge on any atom is -0.342 e. The zero-order valence-electron chi connectivity index (χ0n) is 11.3. The average molecular weight is 322 g/mol. The number of Topliss-reactive ketones (excluding diaryl/α,β-unsaturated/α-hetero) is 1. The summed E-state index contributed by atoms with van der Waals surface area (Å²) in [4.78, 5) is 24.4. The summed E-state index contributed by atoms with van der Waals surface area (Å²) in [6.07, 6.45) is 0. The van der Waals surface area contributed by atoms with Crippen LogP contribution >= 0.6 is 23.2 Å². The van der Waals surface area contributed by atoms with Gasteiger partial charge in [-0.05, 0) is 19.1 Å². The molecular weight excluding hydrogens is 309 g/mol. The minimum atomic E-state index is -0.674. The summed E-state index contributed by atoms with van der Waals surface area (Å²) in [5.41, 5.74) is 0.712. The lowest BCUT2D eigenvalue weighted by Gasteiger charge is -2.14. The van der Waals surface area contributed by atoms with Crippen molar-refractivity contribution in [3.63, 3.8) is 0 Å². The van der Waals surface area contributed by atoms with E-state index in [0.29, 0.717) is 5.56 Å². The first-order valence-corrected chi connectivity index (χ1v) is 7.10. The van der Waals surface area contributed by atoms with E-state index in [1.165, 1.54) is 0 Å². The summed E-state index contributed by atoms with van der Waals surface area (Å²) in [5.74, 6) is -0.644. The quantitative estimate of drug-likeness (QED) is 0.865. The van der Waals surface area contributed by atoms with Gasteiger partial charge in [-0.15, -0.1) is 0 Å². The van der Waals surface area contributed by atoms with Gasteiger partial charge in [0.2, 0.25) is 0 Å². The highest BCUT2D eigenvalue weighted by molar-refractivity contribution is 6.39. The van der Waals surface area contributed by atoms with E-state index in [2.05, 4.69) is 5.32 Å².